The van der Waals surface area contributed by atoms with Crippen molar-refractivity contribution in [2.45, 2.75) is 32.2 Å². The number of aromatic amines is 2. The number of aromatic nitrogens is 5. The highest BCUT2D eigenvalue weighted by Gasteiger charge is 2.23. The summed E-state index contributed by atoms with van der Waals surface area (Å²) >= 11 is 0. The number of hydrogen-bond acceptors (Lipinski definition) is 6. The number of rotatable bonds is 5. The second-order valence-electron chi connectivity index (χ2n) is 11.5. The van der Waals surface area contributed by atoms with Crippen LogP contribution in [-0.4, -0.2) is 81.6 Å². The summed E-state index contributed by atoms with van der Waals surface area (Å²) in [4.78, 5) is 9.49. The van der Waals surface area contributed by atoms with Crippen LogP contribution in [0.3, 0.4) is 0 Å². The molecule has 1 fully saturated rings. The van der Waals surface area contributed by atoms with Crippen molar-refractivity contribution in [3.8, 4) is 28.4 Å². The molecule has 0 aliphatic carbocycles. The number of piperazine rings is 1. The van der Waals surface area contributed by atoms with Crippen LogP contribution in [0.5, 0.6) is 5.75 Å². The van der Waals surface area contributed by atoms with Gasteiger partial charge in [-0.1, -0.05) is 39.0 Å². The number of nitrogens with zero attached hydrogens (tertiary/aromatic N) is 5. The highest BCUT2D eigenvalue weighted by atomic mass is 16.5. The smallest absolute Gasteiger partial charge is 0.181 e. The molecule has 1 aliphatic heterocycles. The summed E-state index contributed by atoms with van der Waals surface area (Å²) in [5.41, 5.74) is 3.84. The Morgan fingerprint density at radius 1 is 0.895 bits per heavy atom. The van der Waals surface area contributed by atoms with Crippen LogP contribution >= 0.6 is 0 Å². The van der Waals surface area contributed by atoms with Gasteiger partial charge in [0.1, 0.15) is 18.2 Å². The number of nitrogens with one attached hydrogen (secondary N) is 2. The first-order valence-corrected chi connectivity index (χ1v) is 13.2. The van der Waals surface area contributed by atoms with Gasteiger partial charge in [-0.15, -0.1) is 0 Å². The van der Waals surface area contributed by atoms with Gasteiger partial charge in [-0.05, 0) is 61.3 Å². The Morgan fingerprint density at radius 2 is 1.68 bits per heavy atom. The van der Waals surface area contributed by atoms with E-state index >= 15 is 0 Å². The summed E-state index contributed by atoms with van der Waals surface area (Å²) in [5.74, 6) is 2.47. The van der Waals surface area contributed by atoms with Crippen LogP contribution in [0.25, 0.3) is 44.3 Å². The predicted molar refractivity (Wildman–Crippen MR) is 153 cm³/mol. The van der Waals surface area contributed by atoms with Gasteiger partial charge < -0.3 is 9.64 Å². The molecule has 6 rings (SSSR count). The van der Waals surface area contributed by atoms with Crippen molar-refractivity contribution in [2.75, 3.05) is 40.3 Å². The van der Waals surface area contributed by atoms with E-state index in [0.29, 0.717) is 18.5 Å². The lowest BCUT2D eigenvalue weighted by Gasteiger charge is -2.37. The van der Waals surface area contributed by atoms with Crippen molar-refractivity contribution in [1.29, 1.82) is 0 Å². The van der Waals surface area contributed by atoms with Gasteiger partial charge in [0.05, 0.1) is 17.3 Å². The van der Waals surface area contributed by atoms with Crippen LogP contribution in [0, 0.1) is 0 Å². The molecule has 1 saturated heterocycles. The molecule has 0 spiro atoms. The first-order chi connectivity index (χ1) is 18.2. The average molecular weight is 510 g/mol. The van der Waals surface area contributed by atoms with Crippen LogP contribution in [0.4, 0.5) is 0 Å². The Bertz CT molecular complexity index is 1600. The highest BCUT2D eigenvalue weighted by Crippen LogP contribution is 2.32. The molecule has 1 unspecified atom stereocenters. The van der Waals surface area contributed by atoms with Gasteiger partial charge in [-0.2, -0.15) is 10.2 Å². The standard InChI is InChI=1S/C30H35N7O/c1-30(2,3)29-31-28(34-35-29)22-9-11-26-25(16-22)27(33-32-26)21-7-6-20-15-24(10-8-19(20)14-21)38-18-23-17-36(4)12-13-37(23)5/h6-11,14-16,23H,12-13,17-18H2,1-5H3,(H,32,33)(H,31,34,35). The van der Waals surface area contributed by atoms with Crippen molar-refractivity contribution >= 4 is 21.7 Å². The van der Waals surface area contributed by atoms with Gasteiger partial charge >= 0.3 is 0 Å². The van der Waals surface area contributed by atoms with Crippen molar-refractivity contribution in [2.24, 2.45) is 0 Å². The molecule has 0 saturated carbocycles. The number of hydrogen-bond donors (Lipinski definition) is 2. The number of benzene rings is 3. The molecule has 2 N–H and O–H groups in total. The number of fused-ring (bicyclic) bond motifs is 2. The maximum atomic E-state index is 6.21. The van der Waals surface area contributed by atoms with Crippen LogP contribution in [0.1, 0.15) is 26.6 Å². The lowest BCUT2D eigenvalue weighted by Crippen LogP contribution is -2.52. The van der Waals surface area contributed by atoms with E-state index < -0.39 is 0 Å². The van der Waals surface area contributed by atoms with Gasteiger partial charge in [0, 0.05) is 41.6 Å². The Labute approximate surface area is 223 Å². The van der Waals surface area contributed by atoms with Crippen LogP contribution in [0.2, 0.25) is 0 Å². The molecule has 3 aromatic carbocycles. The van der Waals surface area contributed by atoms with E-state index in [1.54, 1.807) is 0 Å². The molecule has 3 heterocycles. The molecule has 2 aromatic heterocycles. The van der Waals surface area contributed by atoms with Gasteiger partial charge in [0.25, 0.3) is 0 Å². The molecule has 1 aliphatic rings. The molecule has 1 atom stereocenters. The zero-order valence-electron chi connectivity index (χ0n) is 22.7. The summed E-state index contributed by atoms with van der Waals surface area (Å²) in [7, 11) is 4.35. The summed E-state index contributed by atoms with van der Waals surface area (Å²) in [5, 5.41) is 18.7. The molecule has 196 valence electrons. The molecule has 8 nitrogen and oxygen atoms in total. The van der Waals surface area contributed by atoms with E-state index in [4.69, 9.17) is 9.72 Å². The van der Waals surface area contributed by atoms with Crippen LogP contribution < -0.4 is 4.74 Å². The lowest BCUT2D eigenvalue weighted by molar-refractivity contribution is 0.0782. The SMILES string of the molecule is CN1CCN(C)C(COc2ccc3cc(-c4n[nH]c5ccc(-c6n[nH]c(C(C)(C)C)n6)cc45)ccc3c2)C1. The average Bonchev–Trinajstić information content (AvgIpc) is 3.56. The molecule has 0 bridgehead atoms. The van der Waals surface area contributed by atoms with Gasteiger partial charge in [-0.3, -0.25) is 15.1 Å². The van der Waals surface area contributed by atoms with E-state index in [2.05, 4.69) is 108 Å². The summed E-state index contributed by atoms with van der Waals surface area (Å²) < 4.78 is 6.21. The third kappa shape index (κ3) is 4.77. The normalized spacial score (nSPS) is 17.4. The molecule has 8 heteroatoms. The third-order valence-corrected chi connectivity index (χ3v) is 7.52. The van der Waals surface area contributed by atoms with Gasteiger partial charge in [0.15, 0.2) is 5.82 Å². The maximum absolute atomic E-state index is 6.21. The van der Waals surface area contributed by atoms with E-state index in [0.717, 1.165) is 69.7 Å². The highest BCUT2D eigenvalue weighted by molar-refractivity contribution is 5.97. The van der Waals surface area contributed by atoms with E-state index in [-0.39, 0.29) is 5.41 Å². The molecule has 5 aromatic rings. The summed E-state index contributed by atoms with van der Waals surface area (Å²) in [6, 6.07) is 19.4. The predicted octanol–water partition coefficient (Wildman–Crippen LogP) is 5.09. The fourth-order valence-electron chi connectivity index (χ4n) is 5.03. The topological polar surface area (TPSA) is 86.0 Å². The largest absolute Gasteiger partial charge is 0.492 e. The Kier molecular flexibility index (Phi) is 6.16. The first-order valence-electron chi connectivity index (χ1n) is 13.2. The van der Waals surface area contributed by atoms with Crippen LogP contribution in [0.15, 0.2) is 54.6 Å². The maximum Gasteiger partial charge on any atom is 0.181 e. The molecule has 38 heavy (non-hydrogen) atoms. The molecular weight excluding hydrogens is 474 g/mol. The number of likely N-dealkylation sites (N-methyl/N-ethyl adjacent to an activating group) is 2. The minimum atomic E-state index is -0.0882. The fraction of sp³-hybridized carbons (Fsp3) is 0.367. The van der Waals surface area contributed by atoms with Crippen molar-refractivity contribution in [3.63, 3.8) is 0 Å². The fourth-order valence-corrected chi connectivity index (χ4v) is 5.03. The number of H-pyrrole nitrogens is 2. The zero-order valence-corrected chi connectivity index (χ0v) is 22.7. The second-order valence-corrected chi connectivity index (χ2v) is 11.5. The summed E-state index contributed by atoms with van der Waals surface area (Å²) in [6.07, 6.45) is 0. The molecule has 0 amide bonds. The monoisotopic (exact) mass is 509 g/mol. The van der Waals surface area contributed by atoms with Gasteiger partial charge in [0.2, 0.25) is 0 Å². The van der Waals surface area contributed by atoms with Crippen molar-refractivity contribution in [1.82, 2.24) is 35.2 Å². The molecular formula is C30H35N7O. The molecule has 0 radical (unpaired) electrons. The second kappa shape index (κ2) is 9.53. The van der Waals surface area contributed by atoms with E-state index in [9.17, 15) is 0 Å². The van der Waals surface area contributed by atoms with Gasteiger partial charge in [-0.25, -0.2) is 4.98 Å². The van der Waals surface area contributed by atoms with Crippen LogP contribution in [-0.2, 0) is 5.41 Å². The Morgan fingerprint density at radius 3 is 2.50 bits per heavy atom. The summed E-state index contributed by atoms with van der Waals surface area (Å²) in [6.45, 7) is 10.3. The number of ether oxygens (including phenoxy) is 1. The first kappa shape index (κ1) is 24.6. The Hall–Kier alpha value is -3.75. The quantitative estimate of drug-likeness (QED) is 0.343. The van der Waals surface area contributed by atoms with Crippen molar-refractivity contribution in [3.05, 3.63) is 60.4 Å². The zero-order chi connectivity index (χ0) is 26.4. The third-order valence-electron chi connectivity index (χ3n) is 7.52. The minimum Gasteiger partial charge on any atom is -0.492 e. The lowest BCUT2D eigenvalue weighted by atomic mass is 9.96. The Balaban J connectivity index is 1.25. The minimum absolute atomic E-state index is 0.0882. The van der Waals surface area contributed by atoms with Crippen molar-refractivity contribution < 1.29 is 4.74 Å². The van der Waals surface area contributed by atoms with E-state index in [1.807, 2.05) is 12.1 Å². The van der Waals surface area contributed by atoms with E-state index in [1.165, 1.54) is 0 Å².